The van der Waals surface area contributed by atoms with Gasteiger partial charge in [-0.15, -0.1) is 0 Å². The van der Waals surface area contributed by atoms with Gasteiger partial charge in [0.25, 0.3) is 0 Å². The number of hydrogen-bond donors (Lipinski definition) is 1. The molecule has 3 rings (SSSR count). The molecule has 1 aliphatic carbocycles. The van der Waals surface area contributed by atoms with Gasteiger partial charge in [-0.3, -0.25) is 9.59 Å². The number of ether oxygens (including phenoxy) is 1. The van der Waals surface area contributed by atoms with E-state index >= 15 is 0 Å². The van der Waals surface area contributed by atoms with Gasteiger partial charge in [-0.25, -0.2) is 0 Å². The van der Waals surface area contributed by atoms with Gasteiger partial charge in [-0.05, 0) is 31.2 Å². The Bertz CT molecular complexity index is 670. The van der Waals surface area contributed by atoms with Crippen LogP contribution in [0.2, 0.25) is 0 Å². The first-order valence-electron chi connectivity index (χ1n) is 12.2. The van der Waals surface area contributed by atoms with E-state index in [0.29, 0.717) is 24.1 Å². The number of nitrogens with zero attached hydrogens (tertiary/aromatic N) is 1. The highest BCUT2D eigenvalue weighted by Crippen LogP contribution is 2.38. The number of carbonyl (C=O) groups excluding carboxylic acids is 2. The summed E-state index contributed by atoms with van der Waals surface area (Å²) in [5, 5.41) is 0. The third kappa shape index (κ3) is 7.34. The van der Waals surface area contributed by atoms with Crippen molar-refractivity contribution in [3.63, 3.8) is 0 Å². The Morgan fingerprint density at radius 2 is 1.68 bits per heavy atom. The number of ketones is 1. The summed E-state index contributed by atoms with van der Waals surface area (Å²) in [7, 11) is 1.61. The van der Waals surface area contributed by atoms with Crippen LogP contribution in [-0.4, -0.2) is 36.3 Å². The largest absolute Gasteiger partial charge is 0.496 e. The molecular formula is C26H44N2O3. The molecule has 2 N–H and O–H groups in total. The number of para-hydroxylation sites is 1. The van der Waals surface area contributed by atoms with Crippen LogP contribution < -0.4 is 10.5 Å². The van der Waals surface area contributed by atoms with E-state index in [1.807, 2.05) is 52.0 Å². The zero-order valence-electron chi connectivity index (χ0n) is 20.5. The molecule has 1 saturated heterocycles. The van der Waals surface area contributed by atoms with Crippen molar-refractivity contribution in [1.82, 2.24) is 4.90 Å². The lowest BCUT2D eigenvalue weighted by molar-refractivity contribution is -0.137. The second kappa shape index (κ2) is 14.2. The summed E-state index contributed by atoms with van der Waals surface area (Å²) in [6.07, 6.45) is 7.35. The van der Waals surface area contributed by atoms with E-state index in [2.05, 4.69) is 0 Å². The van der Waals surface area contributed by atoms with Crippen molar-refractivity contribution in [2.45, 2.75) is 91.6 Å². The van der Waals surface area contributed by atoms with E-state index in [1.54, 1.807) is 18.9 Å². The SMILES string of the molecule is CC.CC.COc1ccccc1C(N)CC(=O)N1CC(C2CCCCC2)C[C@H]1C(C)=O. The number of carbonyl (C=O) groups is 2. The first-order chi connectivity index (χ1) is 15.0. The van der Waals surface area contributed by atoms with Crippen molar-refractivity contribution in [1.29, 1.82) is 0 Å². The summed E-state index contributed by atoms with van der Waals surface area (Å²) in [5.41, 5.74) is 7.16. The Labute approximate surface area is 189 Å². The van der Waals surface area contributed by atoms with Gasteiger partial charge < -0.3 is 15.4 Å². The first-order valence-corrected chi connectivity index (χ1v) is 12.2. The lowest BCUT2D eigenvalue weighted by atomic mass is 9.79. The zero-order chi connectivity index (χ0) is 23.4. The molecule has 1 aromatic carbocycles. The number of rotatable bonds is 6. The average Bonchev–Trinajstić information content (AvgIpc) is 3.28. The molecular weight excluding hydrogens is 388 g/mol. The zero-order valence-corrected chi connectivity index (χ0v) is 20.5. The van der Waals surface area contributed by atoms with Crippen LogP contribution in [0.5, 0.6) is 5.75 Å². The topological polar surface area (TPSA) is 72.6 Å². The van der Waals surface area contributed by atoms with Crippen LogP contribution in [0.3, 0.4) is 0 Å². The highest BCUT2D eigenvalue weighted by molar-refractivity contribution is 5.88. The molecule has 31 heavy (non-hydrogen) atoms. The van der Waals surface area contributed by atoms with Gasteiger partial charge in [-0.1, -0.05) is 78.0 Å². The van der Waals surface area contributed by atoms with Gasteiger partial charge in [0, 0.05) is 24.6 Å². The number of hydrogen-bond acceptors (Lipinski definition) is 4. The van der Waals surface area contributed by atoms with E-state index < -0.39 is 6.04 Å². The fraction of sp³-hybridized carbons (Fsp3) is 0.692. The lowest BCUT2D eigenvalue weighted by Crippen LogP contribution is -2.41. The minimum atomic E-state index is -0.435. The Morgan fingerprint density at radius 1 is 1.06 bits per heavy atom. The monoisotopic (exact) mass is 432 g/mol. The van der Waals surface area contributed by atoms with Crippen LogP contribution in [-0.2, 0) is 9.59 Å². The highest BCUT2D eigenvalue weighted by Gasteiger charge is 2.41. The molecule has 0 radical (unpaired) electrons. The molecule has 0 aromatic heterocycles. The van der Waals surface area contributed by atoms with Crippen molar-refractivity contribution in [3.8, 4) is 5.75 Å². The van der Waals surface area contributed by atoms with Crippen molar-refractivity contribution in [3.05, 3.63) is 29.8 Å². The molecule has 2 aliphatic rings. The maximum atomic E-state index is 13.0. The van der Waals surface area contributed by atoms with E-state index in [9.17, 15) is 9.59 Å². The predicted molar refractivity (Wildman–Crippen MR) is 128 cm³/mol. The Morgan fingerprint density at radius 3 is 2.26 bits per heavy atom. The third-order valence-corrected chi connectivity index (χ3v) is 6.37. The molecule has 2 unspecified atom stereocenters. The quantitative estimate of drug-likeness (QED) is 0.642. The maximum Gasteiger partial charge on any atom is 0.225 e. The van der Waals surface area contributed by atoms with Crippen molar-refractivity contribution in [2.75, 3.05) is 13.7 Å². The normalized spacial score (nSPS) is 21.8. The molecule has 5 heteroatoms. The van der Waals surface area contributed by atoms with Crippen LogP contribution in [0.4, 0.5) is 0 Å². The van der Waals surface area contributed by atoms with Crippen molar-refractivity contribution in [2.24, 2.45) is 17.6 Å². The van der Waals surface area contributed by atoms with Gasteiger partial charge in [0.15, 0.2) is 5.78 Å². The van der Waals surface area contributed by atoms with Crippen LogP contribution >= 0.6 is 0 Å². The van der Waals surface area contributed by atoms with E-state index in [-0.39, 0.29) is 24.2 Å². The Balaban J connectivity index is 0.00000113. The van der Waals surface area contributed by atoms with Gasteiger partial charge in [0.2, 0.25) is 5.91 Å². The molecule has 1 aliphatic heterocycles. The maximum absolute atomic E-state index is 13.0. The van der Waals surface area contributed by atoms with Crippen LogP contribution in [0.25, 0.3) is 0 Å². The number of benzene rings is 1. The molecule has 2 fully saturated rings. The summed E-state index contributed by atoms with van der Waals surface area (Å²) >= 11 is 0. The molecule has 1 saturated carbocycles. The summed E-state index contributed by atoms with van der Waals surface area (Å²) < 4.78 is 5.37. The van der Waals surface area contributed by atoms with Gasteiger partial charge in [0.1, 0.15) is 5.75 Å². The number of Topliss-reactive ketones (excluding diaryl/α,β-unsaturated/α-hetero) is 1. The molecule has 5 nitrogen and oxygen atoms in total. The number of amides is 1. The van der Waals surface area contributed by atoms with Crippen molar-refractivity contribution >= 4 is 11.7 Å². The minimum Gasteiger partial charge on any atom is -0.496 e. The summed E-state index contributed by atoms with van der Waals surface area (Å²) in [4.78, 5) is 27.0. The fourth-order valence-corrected chi connectivity index (χ4v) is 4.86. The van der Waals surface area contributed by atoms with E-state index in [4.69, 9.17) is 10.5 Å². The fourth-order valence-electron chi connectivity index (χ4n) is 4.86. The Kier molecular flexibility index (Phi) is 12.5. The highest BCUT2D eigenvalue weighted by atomic mass is 16.5. The van der Waals surface area contributed by atoms with Crippen LogP contribution in [0.1, 0.15) is 91.2 Å². The third-order valence-electron chi connectivity index (χ3n) is 6.37. The molecule has 1 heterocycles. The Hall–Kier alpha value is -1.88. The molecule has 1 amide bonds. The molecule has 1 aromatic rings. The number of nitrogens with two attached hydrogens (primary N) is 1. The standard InChI is InChI=1S/C22H32N2O3.2C2H6/c1-15(25)20-12-17(16-8-4-3-5-9-16)14-24(20)22(26)13-19(23)18-10-6-7-11-21(18)27-2;2*1-2/h6-7,10-11,16-17,19-20H,3-5,8-9,12-14,23H2,1-2H3;2*1-2H3/t17?,19?,20-;;/m0../s1. The minimum absolute atomic E-state index is 0.0214. The summed E-state index contributed by atoms with van der Waals surface area (Å²) in [6.45, 7) is 10.3. The lowest BCUT2D eigenvalue weighted by Gasteiger charge is -2.27. The van der Waals surface area contributed by atoms with Gasteiger partial charge >= 0.3 is 0 Å². The predicted octanol–water partition coefficient (Wildman–Crippen LogP) is 5.52. The second-order valence-corrected chi connectivity index (χ2v) is 8.12. The molecule has 176 valence electrons. The molecule has 0 spiro atoms. The number of methoxy groups -OCH3 is 1. The number of likely N-dealkylation sites (tertiary alicyclic amines) is 1. The first kappa shape index (κ1) is 27.2. The molecule has 0 bridgehead atoms. The summed E-state index contributed by atoms with van der Waals surface area (Å²) in [6, 6.07) is 6.82. The molecule has 3 atom stereocenters. The van der Waals surface area contributed by atoms with E-state index in [1.165, 1.54) is 32.1 Å². The van der Waals surface area contributed by atoms with Crippen molar-refractivity contribution < 1.29 is 14.3 Å². The van der Waals surface area contributed by atoms with Gasteiger partial charge in [0.05, 0.1) is 13.2 Å². The van der Waals surface area contributed by atoms with Crippen LogP contribution in [0.15, 0.2) is 24.3 Å². The van der Waals surface area contributed by atoms with Crippen LogP contribution in [0, 0.1) is 11.8 Å². The van der Waals surface area contributed by atoms with Gasteiger partial charge in [-0.2, -0.15) is 0 Å². The summed E-state index contributed by atoms with van der Waals surface area (Å²) in [5.74, 6) is 1.87. The smallest absolute Gasteiger partial charge is 0.225 e. The average molecular weight is 433 g/mol. The van der Waals surface area contributed by atoms with E-state index in [0.717, 1.165) is 12.0 Å². The second-order valence-electron chi connectivity index (χ2n) is 8.12.